The summed E-state index contributed by atoms with van der Waals surface area (Å²) in [6, 6.07) is 3.51. The van der Waals surface area contributed by atoms with E-state index >= 15 is 0 Å². The van der Waals surface area contributed by atoms with Crippen LogP contribution in [0.5, 0.6) is 5.75 Å². The van der Waals surface area contributed by atoms with Crippen LogP contribution in [0.15, 0.2) is 30.3 Å². The fourth-order valence-electron chi connectivity index (χ4n) is 3.79. The van der Waals surface area contributed by atoms with Crippen LogP contribution >= 0.6 is 0 Å². The van der Waals surface area contributed by atoms with E-state index in [-0.39, 0.29) is 5.92 Å². The summed E-state index contributed by atoms with van der Waals surface area (Å²) >= 11 is 0. The SMILES string of the molecule is CCOCC1CCC(c2cc(F)c(C(F)(F)Oc3ccc(F)c(F)c3)c(F)c2)CC1. The quantitative estimate of drug-likeness (QED) is 0.455. The number of hydrogen-bond donors (Lipinski definition) is 0. The van der Waals surface area contributed by atoms with Gasteiger partial charge in [-0.25, -0.2) is 17.6 Å². The number of hydrogen-bond acceptors (Lipinski definition) is 2. The minimum absolute atomic E-state index is 0.137. The molecular formula is C22H22F6O2. The Morgan fingerprint density at radius 1 is 0.867 bits per heavy atom. The molecule has 8 heteroatoms. The average Bonchev–Trinajstić information content (AvgIpc) is 2.68. The fraction of sp³-hybridized carbons (Fsp3) is 0.455. The lowest BCUT2D eigenvalue weighted by atomic mass is 9.79. The van der Waals surface area contributed by atoms with Gasteiger partial charge in [-0.15, -0.1) is 0 Å². The number of rotatable bonds is 7. The first-order chi connectivity index (χ1) is 14.2. The summed E-state index contributed by atoms with van der Waals surface area (Å²) in [6.07, 6.45) is -1.41. The zero-order chi connectivity index (χ0) is 21.9. The number of benzene rings is 2. The monoisotopic (exact) mass is 432 g/mol. The van der Waals surface area contributed by atoms with Crippen LogP contribution in [0, 0.1) is 29.2 Å². The molecule has 0 radical (unpaired) electrons. The van der Waals surface area contributed by atoms with Crippen LogP contribution in [0.25, 0.3) is 0 Å². The van der Waals surface area contributed by atoms with Gasteiger partial charge in [0, 0.05) is 19.3 Å². The minimum atomic E-state index is -4.41. The molecule has 2 aromatic carbocycles. The molecule has 2 aromatic rings. The van der Waals surface area contributed by atoms with Crippen LogP contribution in [-0.4, -0.2) is 13.2 Å². The van der Waals surface area contributed by atoms with Gasteiger partial charge >= 0.3 is 6.11 Å². The van der Waals surface area contributed by atoms with E-state index in [9.17, 15) is 26.3 Å². The molecule has 0 N–H and O–H groups in total. The molecular weight excluding hydrogens is 410 g/mol. The number of halogens is 6. The molecule has 0 atom stereocenters. The molecule has 2 nitrogen and oxygen atoms in total. The largest absolute Gasteiger partial charge is 0.432 e. The summed E-state index contributed by atoms with van der Waals surface area (Å²) in [5, 5.41) is 0. The molecule has 1 saturated carbocycles. The van der Waals surface area contributed by atoms with Crippen molar-refractivity contribution < 1.29 is 35.8 Å². The van der Waals surface area contributed by atoms with Gasteiger partial charge in [0.2, 0.25) is 0 Å². The van der Waals surface area contributed by atoms with E-state index in [4.69, 9.17) is 4.74 Å². The highest BCUT2D eigenvalue weighted by Gasteiger charge is 2.41. The van der Waals surface area contributed by atoms with Gasteiger partial charge in [-0.3, -0.25) is 0 Å². The van der Waals surface area contributed by atoms with Gasteiger partial charge in [0.25, 0.3) is 0 Å². The van der Waals surface area contributed by atoms with E-state index in [0.29, 0.717) is 49.7 Å². The highest BCUT2D eigenvalue weighted by Crippen LogP contribution is 2.40. The molecule has 0 saturated heterocycles. The second kappa shape index (κ2) is 9.29. The third-order valence-corrected chi connectivity index (χ3v) is 5.37. The Labute approximate surface area is 170 Å². The summed E-state index contributed by atoms with van der Waals surface area (Å²) in [7, 11) is 0. The second-order valence-corrected chi connectivity index (χ2v) is 7.43. The van der Waals surface area contributed by atoms with E-state index < -0.39 is 40.7 Å². The Morgan fingerprint density at radius 3 is 2.07 bits per heavy atom. The van der Waals surface area contributed by atoms with Crippen molar-refractivity contribution in [3.63, 3.8) is 0 Å². The first-order valence-electron chi connectivity index (χ1n) is 9.80. The van der Waals surface area contributed by atoms with Gasteiger partial charge in [0.05, 0.1) is 0 Å². The molecule has 0 heterocycles. The van der Waals surface area contributed by atoms with Crippen molar-refractivity contribution in [2.45, 2.75) is 44.6 Å². The molecule has 164 valence electrons. The smallest absolute Gasteiger partial charge is 0.429 e. The normalized spacial score (nSPS) is 19.7. The Morgan fingerprint density at radius 2 is 1.50 bits per heavy atom. The molecule has 1 aliphatic carbocycles. The molecule has 1 aliphatic rings. The van der Waals surface area contributed by atoms with Crippen LogP contribution in [0.2, 0.25) is 0 Å². The average molecular weight is 432 g/mol. The first-order valence-corrected chi connectivity index (χ1v) is 9.80. The molecule has 0 unspecified atom stereocenters. The van der Waals surface area contributed by atoms with Crippen LogP contribution in [0.1, 0.15) is 49.7 Å². The molecule has 30 heavy (non-hydrogen) atoms. The van der Waals surface area contributed by atoms with Crippen molar-refractivity contribution in [3.05, 3.63) is 64.7 Å². The maximum atomic E-state index is 14.5. The summed E-state index contributed by atoms with van der Waals surface area (Å²) < 4.78 is 93.7. The topological polar surface area (TPSA) is 18.5 Å². The van der Waals surface area contributed by atoms with Crippen molar-refractivity contribution >= 4 is 0 Å². The van der Waals surface area contributed by atoms with Gasteiger partial charge in [0.1, 0.15) is 22.9 Å². The minimum Gasteiger partial charge on any atom is -0.429 e. The van der Waals surface area contributed by atoms with E-state index in [1.807, 2.05) is 6.92 Å². The highest BCUT2D eigenvalue weighted by molar-refractivity contribution is 5.32. The van der Waals surface area contributed by atoms with Gasteiger partial charge in [-0.05, 0) is 74.3 Å². The van der Waals surface area contributed by atoms with E-state index in [0.717, 1.165) is 31.0 Å². The third kappa shape index (κ3) is 5.09. The molecule has 0 aromatic heterocycles. The molecule has 3 rings (SSSR count). The summed E-state index contributed by atoms with van der Waals surface area (Å²) in [4.78, 5) is 0. The van der Waals surface area contributed by atoms with Crippen molar-refractivity contribution in [2.24, 2.45) is 5.92 Å². The molecule has 0 spiro atoms. The highest BCUT2D eigenvalue weighted by atomic mass is 19.3. The zero-order valence-corrected chi connectivity index (χ0v) is 16.4. The second-order valence-electron chi connectivity index (χ2n) is 7.43. The van der Waals surface area contributed by atoms with E-state index in [1.165, 1.54) is 0 Å². The lowest BCUT2D eigenvalue weighted by Gasteiger charge is -2.29. The maximum absolute atomic E-state index is 14.5. The summed E-state index contributed by atoms with van der Waals surface area (Å²) in [6.45, 7) is 3.17. The van der Waals surface area contributed by atoms with Crippen LogP contribution < -0.4 is 4.74 Å². The predicted octanol–water partition coefficient (Wildman–Crippen LogP) is 6.68. The van der Waals surface area contributed by atoms with Crippen molar-refractivity contribution in [3.8, 4) is 5.75 Å². The first kappa shape index (κ1) is 22.5. The Hall–Kier alpha value is -2.22. The van der Waals surface area contributed by atoms with Crippen LogP contribution in [0.3, 0.4) is 0 Å². The summed E-state index contributed by atoms with van der Waals surface area (Å²) in [5.41, 5.74) is -1.26. The Balaban J connectivity index is 1.76. The van der Waals surface area contributed by atoms with Crippen molar-refractivity contribution in [2.75, 3.05) is 13.2 Å². The molecule has 1 fully saturated rings. The van der Waals surface area contributed by atoms with Crippen molar-refractivity contribution in [1.82, 2.24) is 0 Å². The third-order valence-electron chi connectivity index (χ3n) is 5.37. The Kier molecular flexibility index (Phi) is 6.95. The van der Waals surface area contributed by atoms with Crippen LogP contribution in [-0.2, 0) is 10.8 Å². The molecule has 0 bridgehead atoms. The Bertz CT molecular complexity index is 855. The van der Waals surface area contributed by atoms with Crippen molar-refractivity contribution in [1.29, 1.82) is 0 Å². The van der Waals surface area contributed by atoms with Gasteiger partial charge in [-0.1, -0.05) is 0 Å². The number of alkyl halides is 2. The van der Waals surface area contributed by atoms with E-state index in [2.05, 4.69) is 4.74 Å². The van der Waals surface area contributed by atoms with Gasteiger partial charge in [-0.2, -0.15) is 8.78 Å². The van der Waals surface area contributed by atoms with E-state index in [1.54, 1.807) is 0 Å². The summed E-state index contributed by atoms with van der Waals surface area (Å²) in [5.74, 6) is -6.09. The molecule has 0 aliphatic heterocycles. The van der Waals surface area contributed by atoms with Crippen LogP contribution in [0.4, 0.5) is 26.3 Å². The van der Waals surface area contributed by atoms with Gasteiger partial charge in [0.15, 0.2) is 11.6 Å². The standard InChI is InChI=1S/C22H22F6O2/c1-2-29-12-13-3-5-14(6-4-13)15-9-19(25)21(20(26)10-15)22(27,28)30-16-7-8-17(23)18(24)11-16/h7-11,13-14H,2-6,12H2,1H3. The lowest BCUT2D eigenvalue weighted by Crippen LogP contribution is -2.26. The zero-order valence-electron chi connectivity index (χ0n) is 16.4. The maximum Gasteiger partial charge on any atom is 0.432 e. The fourth-order valence-corrected chi connectivity index (χ4v) is 3.79. The lowest BCUT2D eigenvalue weighted by molar-refractivity contribution is -0.189. The number of ether oxygens (including phenoxy) is 2. The van der Waals surface area contributed by atoms with Gasteiger partial charge < -0.3 is 9.47 Å². The predicted molar refractivity (Wildman–Crippen MR) is 98.4 cm³/mol. The molecule has 0 amide bonds.